The van der Waals surface area contributed by atoms with Crippen LogP contribution in [-0.4, -0.2) is 64.7 Å². The number of hydrogen-bond donors (Lipinski definition) is 3. The van der Waals surface area contributed by atoms with Crippen LogP contribution in [0.2, 0.25) is 5.02 Å². The lowest BCUT2D eigenvalue weighted by Crippen LogP contribution is -2.56. The molecule has 0 saturated carbocycles. The fourth-order valence-corrected chi connectivity index (χ4v) is 6.28. The number of carbonyl (C=O) groups is 2. The number of ether oxygens (including phenoxy) is 1. The highest BCUT2D eigenvalue weighted by Crippen LogP contribution is 2.33. The predicted molar refractivity (Wildman–Crippen MR) is 192 cm³/mol. The summed E-state index contributed by atoms with van der Waals surface area (Å²) in [5, 5.41) is 7.94. The van der Waals surface area contributed by atoms with Gasteiger partial charge in [-0.3, -0.25) is 24.4 Å². The second-order valence-corrected chi connectivity index (χ2v) is 12.5. The molecule has 13 heteroatoms. The van der Waals surface area contributed by atoms with Crippen LogP contribution >= 0.6 is 11.6 Å². The minimum absolute atomic E-state index is 0.0246. The Hall–Kier alpha value is -5.01. The lowest BCUT2D eigenvalue weighted by Gasteiger charge is -2.35. The van der Waals surface area contributed by atoms with E-state index < -0.39 is 17.9 Å². The van der Waals surface area contributed by atoms with Crippen molar-refractivity contribution in [2.45, 2.75) is 32.5 Å². The Morgan fingerprint density at radius 2 is 1.68 bits per heavy atom. The number of fused-ring (bicyclic) bond motifs is 1. The lowest BCUT2D eigenvalue weighted by atomic mass is 10.1. The van der Waals surface area contributed by atoms with E-state index in [4.69, 9.17) is 22.1 Å². The van der Waals surface area contributed by atoms with Gasteiger partial charge in [-0.1, -0.05) is 61.0 Å². The van der Waals surface area contributed by atoms with E-state index in [1.54, 1.807) is 45.6 Å². The van der Waals surface area contributed by atoms with Gasteiger partial charge in [-0.2, -0.15) is 0 Å². The molecule has 2 heterocycles. The Kier molecular flexibility index (Phi) is 10.9. The first kappa shape index (κ1) is 34.8. The summed E-state index contributed by atoms with van der Waals surface area (Å²) in [6.07, 6.45) is 0.430. The van der Waals surface area contributed by atoms with E-state index in [-0.39, 0.29) is 24.6 Å². The molecule has 1 unspecified atom stereocenters. The number of nitrogens with zero attached hydrogens (tertiary/aromatic N) is 4. The molecule has 1 atom stereocenters. The molecule has 1 aromatic heterocycles. The maximum absolute atomic E-state index is 14.3. The van der Waals surface area contributed by atoms with Crippen LogP contribution in [-0.2, 0) is 22.7 Å². The zero-order valence-electron chi connectivity index (χ0n) is 27.6. The van der Waals surface area contributed by atoms with E-state index in [0.717, 1.165) is 5.56 Å². The molecule has 260 valence electrons. The molecular weight excluding hydrogens is 661 g/mol. The quantitative estimate of drug-likeness (QED) is 0.176. The summed E-state index contributed by atoms with van der Waals surface area (Å²) in [5.74, 6) is -0.250. The van der Waals surface area contributed by atoms with Gasteiger partial charge >= 0.3 is 5.69 Å². The number of imidazole rings is 1. The standard InChI is InChI=1S/C37H39ClFN7O4/c1-2-30(41-23-26-9-3-4-11-29(26)39)36(48)42-35(47)24-43-16-18-44(19-17-43)46-32-13-6-5-12-31(32)45(37(46)49)33-15-14-27(38)21-34(33)50-28-10-7-8-25(20-28)22-40/h3-15,20-21,30,41H,2,16-19,22-24,40H2,1H3,(H,42,47,48). The minimum Gasteiger partial charge on any atom is -0.455 e. The number of hydrogen-bond acceptors (Lipinski definition) is 8. The van der Waals surface area contributed by atoms with E-state index >= 15 is 0 Å². The Morgan fingerprint density at radius 3 is 2.42 bits per heavy atom. The monoisotopic (exact) mass is 699 g/mol. The third kappa shape index (κ3) is 7.74. The number of nitrogens with two attached hydrogens (primary N) is 1. The molecule has 1 aliphatic rings. The van der Waals surface area contributed by atoms with Crippen molar-refractivity contribution in [3.05, 3.63) is 123 Å². The number of carbonyl (C=O) groups excluding carboxylic acids is 2. The van der Waals surface area contributed by atoms with Crippen molar-refractivity contribution < 1.29 is 18.7 Å². The maximum atomic E-state index is 14.3. The molecule has 0 bridgehead atoms. The van der Waals surface area contributed by atoms with Crippen LogP contribution in [0.3, 0.4) is 0 Å². The first-order valence-corrected chi connectivity index (χ1v) is 16.9. The molecule has 2 amide bonds. The lowest BCUT2D eigenvalue weighted by molar-refractivity contribution is -0.132. The van der Waals surface area contributed by atoms with E-state index in [9.17, 15) is 18.8 Å². The van der Waals surface area contributed by atoms with Crippen LogP contribution in [0.4, 0.5) is 4.39 Å². The maximum Gasteiger partial charge on any atom is 0.352 e. The number of amides is 2. The van der Waals surface area contributed by atoms with E-state index in [2.05, 4.69) is 10.6 Å². The molecule has 5 aromatic rings. The predicted octanol–water partition coefficient (Wildman–Crippen LogP) is 4.30. The summed E-state index contributed by atoms with van der Waals surface area (Å²) in [5.41, 5.74) is 8.84. The van der Waals surface area contributed by atoms with Gasteiger partial charge < -0.3 is 20.8 Å². The summed E-state index contributed by atoms with van der Waals surface area (Å²) in [4.78, 5) is 41.9. The summed E-state index contributed by atoms with van der Waals surface area (Å²) < 4.78 is 23.6. The number of rotatable bonds is 12. The number of nitrogens with one attached hydrogen (secondary N) is 2. The van der Waals surface area contributed by atoms with Crippen molar-refractivity contribution in [1.29, 1.82) is 0 Å². The third-order valence-electron chi connectivity index (χ3n) is 8.73. The molecule has 4 aromatic carbocycles. The van der Waals surface area contributed by atoms with Crippen molar-refractivity contribution in [2.24, 2.45) is 5.73 Å². The van der Waals surface area contributed by atoms with Gasteiger partial charge in [0.05, 0.1) is 29.3 Å². The van der Waals surface area contributed by atoms with Gasteiger partial charge in [0.25, 0.3) is 0 Å². The molecule has 0 aliphatic carbocycles. The molecule has 11 nitrogen and oxygen atoms in total. The zero-order valence-corrected chi connectivity index (χ0v) is 28.4. The number of aromatic nitrogens is 2. The molecule has 0 radical (unpaired) electrons. The van der Waals surface area contributed by atoms with Crippen molar-refractivity contribution >= 4 is 34.4 Å². The highest BCUT2D eigenvalue weighted by Gasteiger charge is 2.26. The molecule has 6 rings (SSSR count). The Bertz CT molecular complexity index is 2060. The van der Waals surface area contributed by atoms with Gasteiger partial charge in [-0.25, -0.2) is 13.9 Å². The highest BCUT2D eigenvalue weighted by molar-refractivity contribution is 6.30. The average Bonchev–Trinajstić information content (AvgIpc) is 3.41. The minimum atomic E-state index is -0.651. The van der Waals surface area contributed by atoms with Gasteiger partial charge in [0, 0.05) is 55.9 Å². The fraction of sp³-hybridized carbons (Fsp3) is 0.270. The average molecular weight is 700 g/mol. The SMILES string of the molecule is CCC(NCc1ccccc1F)C(=O)NC(=O)CN1CCN(n2c(=O)n(-c3ccc(Cl)cc3Oc3cccc(CN)c3)c3ccccc32)CC1. The summed E-state index contributed by atoms with van der Waals surface area (Å²) in [6, 6.07) is 25.8. The highest BCUT2D eigenvalue weighted by atomic mass is 35.5. The number of halogens is 2. The Morgan fingerprint density at radius 1 is 0.940 bits per heavy atom. The molecule has 1 fully saturated rings. The molecule has 0 spiro atoms. The Balaban J connectivity index is 1.14. The zero-order chi connectivity index (χ0) is 35.2. The van der Waals surface area contributed by atoms with Gasteiger partial charge in [0.15, 0.2) is 5.75 Å². The second kappa shape index (κ2) is 15.7. The van der Waals surface area contributed by atoms with Crippen molar-refractivity contribution in [2.75, 3.05) is 37.7 Å². The fourth-order valence-electron chi connectivity index (χ4n) is 6.12. The van der Waals surface area contributed by atoms with Crippen molar-refractivity contribution in [3.8, 4) is 17.2 Å². The molecule has 50 heavy (non-hydrogen) atoms. The number of piperazine rings is 1. The third-order valence-corrected chi connectivity index (χ3v) is 8.97. The van der Waals surface area contributed by atoms with Crippen LogP contribution in [0.1, 0.15) is 24.5 Å². The normalized spacial score (nSPS) is 14.1. The molecular formula is C37H39ClFN7O4. The van der Waals surface area contributed by atoms with E-state index in [1.165, 1.54) is 6.07 Å². The largest absolute Gasteiger partial charge is 0.455 e. The summed E-state index contributed by atoms with van der Waals surface area (Å²) in [7, 11) is 0. The van der Waals surface area contributed by atoms with Gasteiger partial charge in [0.2, 0.25) is 11.8 Å². The first-order valence-electron chi connectivity index (χ1n) is 16.5. The van der Waals surface area contributed by atoms with E-state index in [0.29, 0.717) is 78.0 Å². The van der Waals surface area contributed by atoms with E-state index in [1.807, 2.05) is 65.4 Å². The smallest absolute Gasteiger partial charge is 0.352 e. The second-order valence-electron chi connectivity index (χ2n) is 12.1. The van der Waals surface area contributed by atoms with Crippen molar-refractivity contribution in [3.63, 3.8) is 0 Å². The molecule has 1 saturated heterocycles. The van der Waals surface area contributed by atoms with Crippen LogP contribution in [0.15, 0.2) is 95.8 Å². The van der Waals surface area contributed by atoms with Crippen LogP contribution < -0.4 is 31.8 Å². The van der Waals surface area contributed by atoms with Gasteiger partial charge in [0.1, 0.15) is 11.6 Å². The molecule has 4 N–H and O–H groups in total. The van der Waals surface area contributed by atoms with Crippen LogP contribution in [0.5, 0.6) is 11.5 Å². The Labute approximate surface area is 294 Å². The number of para-hydroxylation sites is 2. The number of benzene rings is 4. The molecule has 1 aliphatic heterocycles. The van der Waals surface area contributed by atoms with Crippen molar-refractivity contribution in [1.82, 2.24) is 24.8 Å². The van der Waals surface area contributed by atoms with Crippen LogP contribution in [0.25, 0.3) is 16.7 Å². The number of imide groups is 1. The van der Waals surface area contributed by atoms with Crippen LogP contribution in [0, 0.1) is 5.82 Å². The van der Waals surface area contributed by atoms with Gasteiger partial charge in [-0.15, -0.1) is 0 Å². The summed E-state index contributed by atoms with van der Waals surface area (Å²) in [6.45, 7) is 4.28. The first-order chi connectivity index (χ1) is 24.2. The topological polar surface area (TPSA) is 127 Å². The summed E-state index contributed by atoms with van der Waals surface area (Å²) >= 11 is 6.39. The van der Waals surface area contributed by atoms with Gasteiger partial charge in [-0.05, 0) is 54.4 Å².